The molecular weight excluding hydrogens is 421 g/mol. The first kappa shape index (κ1) is 22.5. The third kappa shape index (κ3) is 5.58. The van der Waals surface area contributed by atoms with Crippen molar-refractivity contribution >= 4 is 11.9 Å². The van der Waals surface area contributed by atoms with Crippen molar-refractivity contribution in [1.29, 1.82) is 0 Å². The molecule has 1 aliphatic heterocycles. The lowest BCUT2D eigenvalue weighted by Crippen LogP contribution is -2.37. The molecule has 3 aromatic rings. The molecule has 1 amide bonds. The Morgan fingerprint density at radius 3 is 2.45 bits per heavy atom. The van der Waals surface area contributed by atoms with Crippen LogP contribution in [0.1, 0.15) is 34.0 Å². The van der Waals surface area contributed by atoms with Crippen LogP contribution >= 0.6 is 0 Å². The van der Waals surface area contributed by atoms with Gasteiger partial charge in [-0.1, -0.05) is 42.5 Å². The third-order valence-corrected chi connectivity index (χ3v) is 5.85. The first-order chi connectivity index (χ1) is 15.8. The number of ether oxygens (including phenoxy) is 1. The molecule has 1 atom stereocenters. The maximum absolute atomic E-state index is 13.2. The third-order valence-electron chi connectivity index (χ3n) is 5.85. The van der Waals surface area contributed by atoms with Gasteiger partial charge in [-0.3, -0.25) is 9.59 Å². The molecule has 170 valence electrons. The van der Waals surface area contributed by atoms with Gasteiger partial charge < -0.3 is 14.7 Å². The Balaban J connectivity index is 1.48. The van der Waals surface area contributed by atoms with Gasteiger partial charge in [0.15, 0.2) is 0 Å². The summed E-state index contributed by atoms with van der Waals surface area (Å²) >= 11 is 0. The summed E-state index contributed by atoms with van der Waals surface area (Å²) in [4.78, 5) is 25.9. The fourth-order valence-corrected chi connectivity index (χ4v) is 4.29. The lowest BCUT2D eigenvalue weighted by atomic mass is 9.91. The Hall–Kier alpha value is -3.67. The van der Waals surface area contributed by atoms with E-state index in [2.05, 4.69) is 0 Å². The number of carboxylic acid groups (broad SMARTS) is 1. The van der Waals surface area contributed by atoms with Gasteiger partial charge in [0.2, 0.25) is 0 Å². The average Bonchev–Trinajstić information content (AvgIpc) is 3.13. The van der Waals surface area contributed by atoms with Crippen LogP contribution in [0.15, 0.2) is 72.8 Å². The highest BCUT2D eigenvalue weighted by Crippen LogP contribution is 2.37. The van der Waals surface area contributed by atoms with E-state index >= 15 is 0 Å². The van der Waals surface area contributed by atoms with Crippen LogP contribution < -0.4 is 4.74 Å². The van der Waals surface area contributed by atoms with E-state index in [4.69, 9.17) is 4.74 Å². The largest absolute Gasteiger partial charge is 0.487 e. The number of benzene rings is 3. The van der Waals surface area contributed by atoms with Crippen molar-refractivity contribution in [3.63, 3.8) is 0 Å². The number of hydrogen-bond donors (Lipinski definition) is 1. The maximum atomic E-state index is 13.2. The normalized spacial score (nSPS) is 16.7. The van der Waals surface area contributed by atoms with Gasteiger partial charge in [0, 0.05) is 24.9 Å². The smallest absolute Gasteiger partial charge is 0.323 e. The van der Waals surface area contributed by atoms with E-state index in [1.807, 2.05) is 37.3 Å². The molecule has 3 aromatic carbocycles. The minimum atomic E-state index is -1.05. The van der Waals surface area contributed by atoms with Gasteiger partial charge in [0.1, 0.15) is 23.7 Å². The summed E-state index contributed by atoms with van der Waals surface area (Å²) in [6, 6.07) is 21.3. The van der Waals surface area contributed by atoms with E-state index in [1.165, 1.54) is 17.0 Å². The number of carboxylic acids is 1. The molecule has 0 fully saturated rings. The molecule has 0 radical (unpaired) electrons. The fraction of sp³-hybridized carbons (Fsp3) is 0.259. The zero-order chi connectivity index (χ0) is 23.4. The van der Waals surface area contributed by atoms with Crippen LogP contribution in [0.5, 0.6) is 5.75 Å². The first-order valence-electron chi connectivity index (χ1n) is 10.9. The Labute approximate surface area is 192 Å². The van der Waals surface area contributed by atoms with E-state index in [0.29, 0.717) is 37.1 Å². The Kier molecular flexibility index (Phi) is 6.45. The lowest BCUT2D eigenvalue weighted by molar-refractivity contribution is -0.137. The Morgan fingerprint density at radius 2 is 1.76 bits per heavy atom. The molecule has 0 saturated carbocycles. The summed E-state index contributed by atoms with van der Waals surface area (Å²) in [5.74, 6) is -0.929. The maximum Gasteiger partial charge on any atom is 0.323 e. The number of nitrogens with zero attached hydrogens (tertiary/aromatic N) is 1. The predicted octanol–water partition coefficient (Wildman–Crippen LogP) is 4.53. The van der Waals surface area contributed by atoms with Gasteiger partial charge in [-0.25, -0.2) is 4.39 Å². The molecule has 0 bridgehead atoms. The second-order valence-electron chi connectivity index (χ2n) is 8.71. The highest BCUT2D eigenvalue weighted by Gasteiger charge is 2.35. The van der Waals surface area contributed by atoms with Crippen LogP contribution in [-0.4, -0.2) is 40.6 Å². The molecule has 5 nitrogen and oxygen atoms in total. The summed E-state index contributed by atoms with van der Waals surface area (Å²) in [7, 11) is 0. The molecule has 33 heavy (non-hydrogen) atoms. The molecule has 0 saturated heterocycles. The van der Waals surface area contributed by atoms with E-state index in [9.17, 15) is 19.1 Å². The van der Waals surface area contributed by atoms with Gasteiger partial charge in [0.05, 0.1) is 0 Å². The monoisotopic (exact) mass is 447 g/mol. The number of rotatable bonds is 8. The summed E-state index contributed by atoms with van der Waals surface area (Å²) < 4.78 is 19.4. The van der Waals surface area contributed by atoms with Crippen LogP contribution in [-0.2, 0) is 24.1 Å². The van der Waals surface area contributed by atoms with Crippen molar-refractivity contribution in [3.05, 3.63) is 101 Å². The van der Waals surface area contributed by atoms with Gasteiger partial charge >= 0.3 is 5.97 Å². The number of carbonyl (C=O) groups excluding carboxylic acids is 1. The predicted molar refractivity (Wildman–Crippen MR) is 123 cm³/mol. The molecule has 4 rings (SSSR count). The number of hydrogen-bond acceptors (Lipinski definition) is 3. The Morgan fingerprint density at radius 1 is 1.03 bits per heavy atom. The fourth-order valence-electron chi connectivity index (χ4n) is 4.29. The summed E-state index contributed by atoms with van der Waals surface area (Å²) in [5.41, 5.74) is 2.85. The number of carbonyl (C=O) groups is 2. The van der Waals surface area contributed by atoms with Crippen LogP contribution in [0.2, 0.25) is 0 Å². The van der Waals surface area contributed by atoms with Gasteiger partial charge in [0.25, 0.3) is 5.91 Å². The number of halogens is 1. The molecule has 0 spiro atoms. The topological polar surface area (TPSA) is 66.8 Å². The lowest BCUT2D eigenvalue weighted by Gasteiger charge is -2.24. The Bertz CT molecular complexity index is 1150. The zero-order valence-electron chi connectivity index (χ0n) is 18.5. The second kappa shape index (κ2) is 9.45. The average molecular weight is 448 g/mol. The highest BCUT2D eigenvalue weighted by molar-refractivity contribution is 5.96. The summed E-state index contributed by atoms with van der Waals surface area (Å²) in [6.45, 7) is 1.95. The van der Waals surface area contributed by atoms with Crippen molar-refractivity contribution in [3.8, 4) is 5.75 Å². The van der Waals surface area contributed by atoms with Crippen molar-refractivity contribution in [1.82, 2.24) is 4.90 Å². The summed E-state index contributed by atoms with van der Waals surface area (Å²) in [6.07, 6.45) is 1.78. The zero-order valence-corrected chi connectivity index (χ0v) is 18.5. The molecule has 0 unspecified atom stereocenters. The number of fused-ring (bicyclic) bond motifs is 1. The van der Waals surface area contributed by atoms with Crippen LogP contribution in [0.3, 0.4) is 0 Å². The standard InChI is InChI=1S/C27H26FNO4/c1-27(16-20-7-10-23(28)11-8-20)17-22-15-21(9-12-24(22)33-27)26(32)29(18-25(30)31)14-13-19-5-3-2-4-6-19/h2-12,15H,13-14,16-18H2,1H3,(H,30,31)/t27-/m0/s1. The SMILES string of the molecule is C[C@]1(Cc2ccc(F)cc2)Cc2cc(C(=O)N(CCc3ccccc3)CC(=O)O)ccc2O1. The number of amides is 1. The van der Waals surface area contributed by atoms with E-state index in [0.717, 1.165) is 16.7 Å². The molecular formula is C27H26FNO4. The van der Waals surface area contributed by atoms with Gasteiger partial charge in [-0.2, -0.15) is 0 Å². The highest BCUT2D eigenvalue weighted by atomic mass is 19.1. The van der Waals surface area contributed by atoms with E-state index in [-0.39, 0.29) is 18.3 Å². The van der Waals surface area contributed by atoms with Crippen molar-refractivity contribution < 1.29 is 23.8 Å². The number of aliphatic carboxylic acids is 1. The van der Waals surface area contributed by atoms with Gasteiger partial charge in [-0.15, -0.1) is 0 Å². The molecule has 1 heterocycles. The quantitative estimate of drug-likeness (QED) is 0.551. The minimum Gasteiger partial charge on any atom is -0.487 e. The molecule has 6 heteroatoms. The van der Waals surface area contributed by atoms with Gasteiger partial charge in [-0.05, 0) is 60.4 Å². The summed E-state index contributed by atoms with van der Waals surface area (Å²) in [5, 5.41) is 9.32. The van der Waals surface area contributed by atoms with E-state index in [1.54, 1.807) is 30.3 Å². The van der Waals surface area contributed by atoms with Crippen molar-refractivity contribution in [2.45, 2.75) is 31.8 Å². The molecule has 0 aromatic heterocycles. The second-order valence-corrected chi connectivity index (χ2v) is 8.71. The molecule has 1 aliphatic rings. The minimum absolute atomic E-state index is 0.277. The van der Waals surface area contributed by atoms with E-state index < -0.39 is 11.6 Å². The first-order valence-corrected chi connectivity index (χ1v) is 10.9. The van der Waals surface area contributed by atoms with Crippen LogP contribution in [0, 0.1) is 5.82 Å². The van der Waals surface area contributed by atoms with Crippen molar-refractivity contribution in [2.75, 3.05) is 13.1 Å². The molecule has 0 aliphatic carbocycles. The van der Waals surface area contributed by atoms with Crippen LogP contribution in [0.4, 0.5) is 4.39 Å². The van der Waals surface area contributed by atoms with Crippen LogP contribution in [0.25, 0.3) is 0 Å². The molecule has 1 N–H and O–H groups in total. The van der Waals surface area contributed by atoms with Crippen molar-refractivity contribution in [2.24, 2.45) is 0 Å².